The number of para-hydroxylation sites is 1. The van der Waals surface area contributed by atoms with Gasteiger partial charge in [-0.1, -0.05) is 18.2 Å². The van der Waals surface area contributed by atoms with E-state index in [1.807, 2.05) is 18.2 Å². The van der Waals surface area contributed by atoms with E-state index in [0.717, 1.165) is 5.39 Å². The fourth-order valence-corrected chi connectivity index (χ4v) is 3.08. The van der Waals surface area contributed by atoms with Gasteiger partial charge < -0.3 is 9.52 Å². The first-order chi connectivity index (χ1) is 12.1. The van der Waals surface area contributed by atoms with Crippen LogP contribution in [0.25, 0.3) is 22.2 Å². The first-order valence-electron chi connectivity index (χ1n) is 7.42. The number of hydrogen-bond acceptors (Lipinski definition) is 6. The molecule has 0 aliphatic carbocycles. The van der Waals surface area contributed by atoms with Crippen molar-refractivity contribution in [1.82, 2.24) is 15.2 Å². The Bertz CT molecular complexity index is 1210. The summed E-state index contributed by atoms with van der Waals surface area (Å²) in [6.07, 6.45) is 1.45. The van der Waals surface area contributed by atoms with Crippen molar-refractivity contribution in [3.63, 3.8) is 0 Å². The van der Waals surface area contributed by atoms with Gasteiger partial charge in [0.25, 0.3) is 5.56 Å². The van der Waals surface area contributed by atoms with Gasteiger partial charge in [-0.25, -0.2) is 14.8 Å². The number of rotatable bonds is 3. The van der Waals surface area contributed by atoms with Crippen LogP contribution in [-0.2, 0) is 0 Å². The molecule has 0 saturated heterocycles. The molecule has 3 aromatic heterocycles. The van der Waals surface area contributed by atoms with Gasteiger partial charge >= 0.3 is 5.63 Å². The molecule has 0 spiro atoms. The van der Waals surface area contributed by atoms with E-state index in [2.05, 4.69) is 20.2 Å². The van der Waals surface area contributed by atoms with Crippen LogP contribution in [0.4, 0.5) is 5.13 Å². The van der Waals surface area contributed by atoms with Crippen LogP contribution < -0.4 is 11.2 Å². The Kier molecular flexibility index (Phi) is 3.66. The van der Waals surface area contributed by atoms with Gasteiger partial charge in [0.15, 0.2) is 0 Å². The minimum Gasteiger partial charge on any atom is -0.422 e. The highest BCUT2D eigenvalue weighted by Crippen LogP contribution is 2.26. The minimum absolute atomic E-state index is 0.242. The first-order valence-corrected chi connectivity index (χ1v) is 8.30. The van der Waals surface area contributed by atoms with Crippen LogP contribution in [0.2, 0.25) is 0 Å². The number of aromatic nitrogens is 3. The summed E-state index contributed by atoms with van der Waals surface area (Å²) < 4.78 is 5.33. The minimum atomic E-state index is -0.447. The monoisotopic (exact) mass is 352 g/mol. The fraction of sp³-hybridized carbons (Fsp3) is 0.0588. The third kappa shape index (κ3) is 2.83. The smallest absolute Gasteiger partial charge is 0.345 e. The molecule has 3 heterocycles. The molecule has 124 valence electrons. The molecular formula is C17H12N4O3S. The number of aryl methyl sites for hydroxylation is 1. The molecule has 0 atom stereocenters. The fourth-order valence-electron chi connectivity index (χ4n) is 2.42. The molecule has 0 saturated carbocycles. The largest absolute Gasteiger partial charge is 0.422 e. The molecule has 0 radical (unpaired) electrons. The standard InChI is InChI=1S/C17H12N4O3S/c1-9-12(15(22)21-20-9)7-18-17-19-13(8-25-17)11-6-10-4-2-3-5-14(10)24-16(11)23/h2-8H,1H3,(H2,20,21,22). The molecule has 0 aliphatic rings. The lowest BCUT2D eigenvalue weighted by Crippen LogP contribution is -2.04. The Morgan fingerprint density at radius 1 is 1.24 bits per heavy atom. The average molecular weight is 352 g/mol. The van der Waals surface area contributed by atoms with Crippen molar-refractivity contribution in [3.05, 3.63) is 67.7 Å². The maximum absolute atomic E-state index is 12.2. The summed E-state index contributed by atoms with van der Waals surface area (Å²) in [6, 6.07) is 9.05. The lowest BCUT2D eigenvalue weighted by molar-refractivity contribution is 0.563. The van der Waals surface area contributed by atoms with E-state index in [0.29, 0.717) is 33.2 Å². The lowest BCUT2D eigenvalue weighted by atomic mass is 10.1. The Morgan fingerprint density at radius 3 is 2.88 bits per heavy atom. The zero-order valence-electron chi connectivity index (χ0n) is 13.1. The van der Waals surface area contributed by atoms with Crippen molar-refractivity contribution >= 4 is 33.7 Å². The Hall–Kier alpha value is -3.26. The van der Waals surface area contributed by atoms with Crippen molar-refractivity contribution in [2.75, 3.05) is 0 Å². The Balaban J connectivity index is 1.71. The summed E-state index contributed by atoms with van der Waals surface area (Å²) in [5, 5.41) is 8.22. The van der Waals surface area contributed by atoms with Crippen molar-refractivity contribution in [2.45, 2.75) is 6.92 Å². The summed E-state index contributed by atoms with van der Waals surface area (Å²) in [6.45, 7) is 1.77. The van der Waals surface area contributed by atoms with Gasteiger partial charge in [0.05, 0.1) is 16.8 Å². The zero-order valence-corrected chi connectivity index (χ0v) is 13.9. The van der Waals surface area contributed by atoms with E-state index in [4.69, 9.17) is 4.42 Å². The number of hydrogen-bond donors (Lipinski definition) is 2. The molecule has 0 bridgehead atoms. The van der Waals surface area contributed by atoms with Crippen LogP contribution in [0.5, 0.6) is 0 Å². The summed E-state index contributed by atoms with van der Waals surface area (Å²) in [5.74, 6) is 0. The van der Waals surface area contributed by atoms with Crippen LogP contribution in [0, 0.1) is 6.92 Å². The van der Waals surface area contributed by atoms with Gasteiger partial charge in [-0.05, 0) is 19.1 Å². The summed E-state index contributed by atoms with van der Waals surface area (Å²) in [5.41, 5.74) is 1.86. The molecule has 8 heteroatoms. The molecule has 0 fully saturated rings. The molecular weight excluding hydrogens is 340 g/mol. The van der Waals surface area contributed by atoms with E-state index in [9.17, 15) is 9.59 Å². The number of aromatic amines is 2. The molecule has 1 aromatic carbocycles. The quantitative estimate of drug-likeness (QED) is 0.437. The second-order valence-corrected chi connectivity index (χ2v) is 6.21. The Morgan fingerprint density at radius 2 is 2.08 bits per heavy atom. The molecule has 4 rings (SSSR count). The second kappa shape index (κ2) is 5.99. The number of aliphatic imine (C=N–C) groups is 1. The highest BCUT2D eigenvalue weighted by molar-refractivity contribution is 7.13. The normalized spacial score (nSPS) is 11.6. The molecule has 0 unspecified atom stereocenters. The molecule has 0 aliphatic heterocycles. The van der Waals surface area contributed by atoms with Crippen LogP contribution in [0.15, 0.2) is 54.7 Å². The van der Waals surface area contributed by atoms with Crippen molar-refractivity contribution in [3.8, 4) is 11.3 Å². The molecule has 0 amide bonds. The number of nitrogens with zero attached hydrogens (tertiary/aromatic N) is 2. The number of fused-ring (bicyclic) bond motifs is 1. The van der Waals surface area contributed by atoms with Crippen LogP contribution in [0.1, 0.15) is 11.3 Å². The first kappa shape index (κ1) is 15.3. The van der Waals surface area contributed by atoms with Gasteiger partial charge in [-0.2, -0.15) is 0 Å². The number of nitrogens with one attached hydrogen (secondary N) is 2. The lowest BCUT2D eigenvalue weighted by Gasteiger charge is -1.98. The molecule has 4 aromatic rings. The highest BCUT2D eigenvalue weighted by Gasteiger charge is 2.11. The van der Waals surface area contributed by atoms with E-state index in [1.54, 1.807) is 24.4 Å². The summed E-state index contributed by atoms with van der Waals surface area (Å²) in [4.78, 5) is 32.4. The summed E-state index contributed by atoms with van der Waals surface area (Å²) >= 11 is 1.28. The molecule has 7 nitrogen and oxygen atoms in total. The van der Waals surface area contributed by atoms with Gasteiger partial charge in [-0.3, -0.25) is 9.89 Å². The van der Waals surface area contributed by atoms with Crippen molar-refractivity contribution in [2.24, 2.45) is 4.99 Å². The third-order valence-electron chi connectivity index (χ3n) is 3.73. The number of thiazole rings is 1. The second-order valence-electron chi connectivity index (χ2n) is 5.38. The van der Waals surface area contributed by atoms with E-state index in [1.165, 1.54) is 17.6 Å². The maximum atomic E-state index is 12.2. The van der Waals surface area contributed by atoms with Crippen molar-refractivity contribution in [1.29, 1.82) is 0 Å². The maximum Gasteiger partial charge on any atom is 0.345 e. The third-order valence-corrected chi connectivity index (χ3v) is 4.47. The summed E-state index contributed by atoms with van der Waals surface area (Å²) in [7, 11) is 0. The van der Waals surface area contributed by atoms with E-state index in [-0.39, 0.29) is 5.56 Å². The molecule has 25 heavy (non-hydrogen) atoms. The zero-order chi connectivity index (χ0) is 17.4. The van der Waals surface area contributed by atoms with Gasteiger partial charge in [0.2, 0.25) is 5.13 Å². The van der Waals surface area contributed by atoms with Crippen LogP contribution >= 0.6 is 11.3 Å². The van der Waals surface area contributed by atoms with Gasteiger partial charge in [0.1, 0.15) is 5.58 Å². The average Bonchev–Trinajstić information content (AvgIpc) is 3.19. The molecule has 2 N–H and O–H groups in total. The SMILES string of the molecule is Cc1[nH][nH]c(=O)c1C=Nc1nc(-c2cc3ccccc3oc2=O)cs1. The Labute approximate surface area is 144 Å². The van der Waals surface area contributed by atoms with Crippen molar-refractivity contribution < 1.29 is 4.42 Å². The highest BCUT2D eigenvalue weighted by atomic mass is 32.1. The number of benzene rings is 1. The predicted octanol–water partition coefficient (Wildman–Crippen LogP) is 2.99. The number of H-pyrrole nitrogens is 2. The predicted molar refractivity (Wildman–Crippen MR) is 97.0 cm³/mol. The van der Waals surface area contributed by atoms with E-state index >= 15 is 0 Å². The van der Waals surface area contributed by atoms with Crippen LogP contribution in [0.3, 0.4) is 0 Å². The van der Waals surface area contributed by atoms with E-state index < -0.39 is 5.63 Å². The van der Waals surface area contributed by atoms with Crippen LogP contribution in [-0.4, -0.2) is 21.4 Å². The topological polar surface area (TPSA) is 104 Å². The van der Waals surface area contributed by atoms with Gasteiger partial charge in [-0.15, -0.1) is 11.3 Å². The van der Waals surface area contributed by atoms with Gasteiger partial charge in [0, 0.05) is 22.7 Å².